The first kappa shape index (κ1) is 21.0. The van der Waals surface area contributed by atoms with Crippen LogP contribution in [0.1, 0.15) is 49.7 Å². The zero-order valence-corrected chi connectivity index (χ0v) is 20.0. The molecule has 0 aliphatic carbocycles. The van der Waals surface area contributed by atoms with Gasteiger partial charge >= 0.3 is 0 Å². The van der Waals surface area contributed by atoms with Gasteiger partial charge in [0.15, 0.2) is 0 Å². The Bertz CT molecular complexity index is 1200. The van der Waals surface area contributed by atoms with Gasteiger partial charge < -0.3 is 14.4 Å². The monoisotopic (exact) mass is 447 g/mol. The van der Waals surface area contributed by atoms with E-state index in [9.17, 15) is 9.59 Å². The number of hydrogen-bond donors (Lipinski definition) is 0. The number of hydrogen-bond acceptors (Lipinski definition) is 3. The molecule has 2 aliphatic rings. The fourth-order valence-electron chi connectivity index (χ4n) is 4.67. The lowest BCUT2D eigenvalue weighted by molar-refractivity contribution is -0.117. The average Bonchev–Trinajstić information content (AvgIpc) is 3.50. The quantitative estimate of drug-likeness (QED) is 0.537. The van der Waals surface area contributed by atoms with Crippen LogP contribution >= 0.6 is 11.3 Å². The summed E-state index contributed by atoms with van der Waals surface area (Å²) in [4.78, 5) is 30.8. The van der Waals surface area contributed by atoms with Crippen molar-refractivity contribution in [3.8, 4) is 21.7 Å². The van der Waals surface area contributed by atoms with Crippen molar-refractivity contribution < 1.29 is 9.59 Å². The molecule has 0 N–H and O–H groups in total. The predicted molar refractivity (Wildman–Crippen MR) is 130 cm³/mol. The minimum atomic E-state index is -0.263. The molecule has 6 heteroatoms. The van der Waals surface area contributed by atoms with Gasteiger partial charge in [-0.25, -0.2) is 0 Å². The number of anilines is 1. The van der Waals surface area contributed by atoms with Crippen molar-refractivity contribution in [3.63, 3.8) is 0 Å². The molecule has 4 heterocycles. The first-order valence-electron chi connectivity index (χ1n) is 11.2. The molecule has 166 valence electrons. The number of thiophene rings is 1. The van der Waals surface area contributed by atoms with Gasteiger partial charge in [0.1, 0.15) is 5.69 Å². The molecule has 1 saturated heterocycles. The topological polar surface area (TPSA) is 45.6 Å². The Balaban J connectivity index is 1.69. The second-order valence-corrected chi connectivity index (χ2v) is 10.6. The minimum Gasteiger partial charge on any atom is -0.336 e. The van der Waals surface area contributed by atoms with Gasteiger partial charge in [0.05, 0.1) is 5.69 Å². The van der Waals surface area contributed by atoms with E-state index in [1.165, 1.54) is 5.56 Å². The molecule has 0 saturated carbocycles. The Hall–Kier alpha value is -2.86. The lowest BCUT2D eigenvalue weighted by Gasteiger charge is -2.33. The van der Waals surface area contributed by atoms with Crippen LogP contribution in [-0.2, 0) is 17.8 Å². The number of carbonyl (C=O) groups is 2. The fourth-order valence-corrected chi connectivity index (χ4v) is 5.41. The molecular formula is C26H29N3O2S. The van der Waals surface area contributed by atoms with Crippen molar-refractivity contribution in [1.29, 1.82) is 0 Å². The predicted octanol–water partition coefficient (Wildman–Crippen LogP) is 5.44. The van der Waals surface area contributed by atoms with Gasteiger partial charge in [0.2, 0.25) is 5.91 Å². The third-order valence-corrected chi connectivity index (χ3v) is 7.66. The fraction of sp³-hybridized carbons (Fsp3) is 0.385. The second-order valence-electron chi connectivity index (χ2n) is 9.70. The van der Waals surface area contributed by atoms with Gasteiger partial charge in [-0.2, -0.15) is 0 Å². The number of rotatable bonds is 3. The highest BCUT2D eigenvalue weighted by atomic mass is 32.1. The van der Waals surface area contributed by atoms with E-state index in [4.69, 9.17) is 0 Å². The number of carbonyl (C=O) groups excluding carboxylic acids is 2. The third kappa shape index (κ3) is 3.37. The van der Waals surface area contributed by atoms with E-state index in [0.717, 1.165) is 59.0 Å². The second kappa shape index (κ2) is 7.62. The molecule has 1 fully saturated rings. The van der Waals surface area contributed by atoms with E-state index in [1.807, 2.05) is 16.8 Å². The van der Waals surface area contributed by atoms with E-state index in [2.05, 4.69) is 67.1 Å². The number of benzene rings is 1. The first-order valence-corrected chi connectivity index (χ1v) is 12.1. The highest BCUT2D eigenvalue weighted by Gasteiger charge is 2.32. The van der Waals surface area contributed by atoms with Gasteiger partial charge in [-0.3, -0.25) is 9.59 Å². The summed E-state index contributed by atoms with van der Waals surface area (Å²) in [6, 6.07) is 12.6. The molecule has 0 unspecified atom stereocenters. The summed E-state index contributed by atoms with van der Waals surface area (Å²) in [6.07, 6.45) is 2.39. The van der Waals surface area contributed by atoms with Crippen LogP contribution in [0.5, 0.6) is 0 Å². The summed E-state index contributed by atoms with van der Waals surface area (Å²) in [5.74, 6) is 0.230. The van der Waals surface area contributed by atoms with Gasteiger partial charge in [-0.15, -0.1) is 11.3 Å². The molecule has 2 amide bonds. The summed E-state index contributed by atoms with van der Waals surface area (Å²) in [5.41, 5.74) is 6.01. The smallest absolute Gasteiger partial charge is 0.270 e. The Labute approximate surface area is 193 Å². The van der Waals surface area contributed by atoms with Gasteiger partial charge in [0, 0.05) is 53.8 Å². The Morgan fingerprint density at radius 2 is 1.88 bits per heavy atom. The minimum absolute atomic E-state index is 0.0379. The molecule has 0 radical (unpaired) electrons. The maximum Gasteiger partial charge on any atom is 0.270 e. The summed E-state index contributed by atoms with van der Waals surface area (Å²) < 4.78 is 2.19. The van der Waals surface area contributed by atoms with Crippen LogP contribution in [0.25, 0.3) is 21.7 Å². The normalized spacial score (nSPS) is 15.6. The van der Waals surface area contributed by atoms with E-state index in [-0.39, 0.29) is 17.4 Å². The van der Waals surface area contributed by atoms with Crippen molar-refractivity contribution in [2.75, 3.05) is 18.5 Å². The van der Waals surface area contributed by atoms with Crippen LogP contribution in [0.2, 0.25) is 0 Å². The van der Waals surface area contributed by atoms with Crippen LogP contribution in [0.15, 0.2) is 41.8 Å². The molecule has 1 aromatic carbocycles. The molecule has 5 rings (SSSR count). The van der Waals surface area contributed by atoms with Crippen LogP contribution in [0.3, 0.4) is 0 Å². The molecule has 2 aromatic heterocycles. The molecule has 0 atom stereocenters. The van der Waals surface area contributed by atoms with Gasteiger partial charge in [0.25, 0.3) is 5.91 Å². The molecule has 2 aliphatic heterocycles. The number of aromatic nitrogens is 1. The van der Waals surface area contributed by atoms with Crippen LogP contribution in [-0.4, -0.2) is 40.4 Å². The molecule has 3 aromatic rings. The van der Waals surface area contributed by atoms with Gasteiger partial charge in [-0.1, -0.05) is 12.1 Å². The zero-order valence-electron chi connectivity index (χ0n) is 19.1. The Morgan fingerprint density at radius 3 is 2.53 bits per heavy atom. The van der Waals surface area contributed by atoms with E-state index >= 15 is 0 Å². The third-order valence-electron chi connectivity index (χ3n) is 6.75. The van der Waals surface area contributed by atoms with Gasteiger partial charge in [-0.05, 0) is 68.8 Å². The number of amides is 2. The number of nitrogens with zero attached hydrogens (tertiary/aromatic N) is 3. The summed E-state index contributed by atoms with van der Waals surface area (Å²) in [6.45, 7) is 7.71. The van der Waals surface area contributed by atoms with Crippen LogP contribution < -0.4 is 4.90 Å². The number of fused-ring (bicyclic) bond motifs is 3. The van der Waals surface area contributed by atoms with E-state index in [1.54, 1.807) is 11.3 Å². The molecule has 0 spiro atoms. The molecule has 0 bridgehead atoms. The highest BCUT2D eigenvalue weighted by Crippen LogP contribution is 2.43. The largest absolute Gasteiger partial charge is 0.336 e. The first-order chi connectivity index (χ1) is 15.3. The highest BCUT2D eigenvalue weighted by molar-refractivity contribution is 7.13. The molecular weight excluding hydrogens is 418 g/mol. The van der Waals surface area contributed by atoms with Crippen molar-refractivity contribution >= 4 is 28.8 Å². The van der Waals surface area contributed by atoms with Crippen LogP contribution in [0.4, 0.5) is 5.69 Å². The zero-order chi connectivity index (χ0) is 22.6. The SMILES string of the molecule is CN(C(=O)c1cc(-c2cccs2)c2n1CCc1ccc(N3CCCC3=O)cc1-2)C(C)(C)C. The lowest BCUT2D eigenvalue weighted by atomic mass is 9.95. The van der Waals surface area contributed by atoms with Crippen LogP contribution in [0, 0.1) is 0 Å². The molecule has 5 nitrogen and oxygen atoms in total. The Morgan fingerprint density at radius 1 is 1.06 bits per heavy atom. The average molecular weight is 448 g/mol. The van der Waals surface area contributed by atoms with E-state index < -0.39 is 0 Å². The van der Waals surface area contributed by atoms with Crippen molar-refractivity contribution in [3.05, 3.63) is 53.0 Å². The molecule has 32 heavy (non-hydrogen) atoms. The van der Waals surface area contributed by atoms with Crippen molar-refractivity contribution in [2.24, 2.45) is 0 Å². The Kier molecular flexibility index (Phi) is 5.01. The van der Waals surface area contributed by atoms with Crippen molar-refractivity contribution in [1.82, 2.24) is 9.47 Å². The maximum atomic E-state index is 13.5. The number of aryl methyl sites for hydroxylation is 1. The van der Waals surface area contributed by atoms with Crippen molar-refractivity contribution in [2.45, 2.75) is 52.1 Å². The maximum absolute atomic E-state index is 13.5. The standard InChI is InChI=1S/C26H29N3O2S/c1-26(2,3)27(4)25(31)21-16-20(22-7-6-14-32-22)24-19-15-18(28-12-5-8-23(28)30)10-9-17(19)11-13-29(21)24/h6-7,9-10,14-16H,5,8,11-13H2,1-4H3. The lowest BCUT2D eigenvalue weighted by Crippen LogP contribution is -2.43. The summed E-state index contributed by atoms with van der Waals surface area (Å²) >= 11 is 1.69. The summed E-state index contributed by atoms with van der Waals surface area (Å²) in [7, 11) is 1.88. The van der Waals surface area contributed by atoms with E-state index in [0.29, 0.717) is 6.42 Å². The summed E-state index contributed by atoms with van der Waals surface area (Å²) in [5, 5.41) is 2.07.